The van der Waals surface area contributed by atoms with E-state index in [1.807, 2.05) is 40.9 Å². The number of thiophene rings is 1. The highest BCUT2D eigenvalue weighted by Crippen LogP contribution is 2.32. The average Bonchev–Trinajstić information content (AvgIpc) is 3.44. The van der Waals surface area contributed by atoms with Crippen LogP contribution in [-0.4, -0.2) is 32.0 Å². The normalized spacial score (nSPS) is 21.4. The van der Waals surface area contributed by atoms with Crippen molar-refractivity contribution in [2.75, 3.05) is 0 Å². The molecule has 0 radical (unpaired) electrons. The molecule has 2 atom stereocenters. The number of hydrogen-bond donors (Lipinski definition) is 1. The van der Waals surface area contributed by atoms with E-state index >= 15 is 0 Å². The van der Waals surface area contributed by atoms with E-state index in [2.05, 4.69) is 34.6 Å². The first-order chi connectivity index (χ1) is 13.7. The molecule has 142 valence electrons. The summed E-state index contributed by atoms with van der Waals surface area (Å²) in [5.41, 5.74) is 5.88. The summed E-state index contributed by atoms with van der Waals surface area (Å²) in [6.45, 7) is 2.37. The van der Waals surface area contributed by atoms with E-state index in [1.165, 1.54) is 11.1 Å². The second kappa shape index (κ2) is 6.88. The first-order valence-electron chi connectivity index (χ1n) is 9.14. The second-order valence-corrected chi connectivity index (χ2v) is 7.90. The molecule has 28 heavy (non-hydrogen) atoms. The van der Waals surface area contributed by atoms with E-state index in [-0.39, 0.29) is 24.5 Å². The third-order valence-electron chi connectivity index (χ3n) is 5.15. The first kappa shape index (κ1) is 17.2. The quantitative estimate of drug-likeness (QED) is 0.734. The van der Waals surface area contributed by atoms with Gasteiger partial charge in [-0.1, -0.05) is 35.5 Å². The molecule has 1 aromatic carbocycles. The van der Waals surface area contributed by atoms with Crippen LogP contribution in [0.5, 0.6) is 0 Å². The summed E-state index contributed by atoms with van der Waals surface area (Å²) in [6, 6.07) is 12.0. The van der Waals surface area contributed by atoms with Gasteiger partial charge in [0.1, 0.15) is 12.6 Å². The standard InChI is InChI=1S/C20H19N5O2S/c1-13-5-2-3-6-14(13)15-11-16-20(26)24(8-9-25(16)22-15)12-18-21-19(23-27-18)17-7-4-10-28-17/h2-10,15-16,22H,11-12H2,1H3. The van der Waals surface area contributed by atoms with Crippen LogP contribution < -0.4 is 5.43 Å². The van der Waals surface area contributed by atoms with Gasteiger partial charge in [0.15, 0.2) is 0 Å². The average molecular weight is 393 g/mol. The molecule has 2 unspecified atom stereocenters. The molecule has 1 N–H and O–H groups in total. The number of benzene rings is 1. The van der Waals surface area contributed by atoms with Gasteiger partial charge in [-0.3, -0.25) is 4.79 Å². The van der Waals surface area contributed by atoms with Gasteiger partial charge >= 0.3 is 0 Å². The summed E-state index contributed by atoms with van der Waals surface area (Å²) in [7, 11) is 0. The maximum absolute atomic E-state index is 13.0. The Morgan fingerprint density at radius 2 is 2.14 bits per heavy atom. The molecule has 3 aromatic rings. The van der Waals surface area contributed by atoms with Gasteiger partial charge in [0, 0.05) is 12.4 Å². The molecule has 1 fully saturated rings. The number of carbonyl (C=O) groups is 1. The number of nitrogens with one attached hydrogen (secondary N) is 1. The van der Waals surface area contributed by atoms with Gasteiger partial charge in [-0.2, -0.15) is 4.98 Å². The number of fused-ring (bicyclic) bond motifs is 1. The molecule has 4 heterocycles. The molecular weight excluding hydrogens is 374 g/mol. The SMILES string of the molecule is Cc1ccccc1C1CC2C(=O)N(Cc3nc(-c4cccs4)no3)C=CN2N1. The van der Waals surface area contributed by atoms with E-state index in [1.54, 1.807) is 22.4 Å². The zero-order valence-electron chi connectivity index (χ0n) is 15.3. The van der Waals surface area contributed by atoms with Crippen LogP contribution in [-0.2, 0) is 11.3 Å². The molecule has 0 saturated carbocycles. The number of aryl methyl sites for hydroxylation is 1. The molecule has 2 aromatic heterocycles. The van der Waals surface area contributed by atoms with Crippen LogP contribution in [0.1, 0.15) is 29.5 Å². The molecular formula is C20H19N5O2S. The van der Waals surface area contributed by atoms with Crippen LogP contribution in [0, 0.1) is 6.92 Å². The van der Waals surface area contributed by atoms with E-state index in [0.29, 0.717) is 11.7 Å². The van der Waals surface area contributed by atoms with Crippen LogP contribution in [0.4, 0.5) is 0 Å². The van der Waals surface area contributed by atoms with Gasteiger partial charge in [-0.15, -0.1) is 11.3 Å². The largest absolute Gasteiger partial charge is 0.337 e. The van der Waals surface area contributed by atoms with Crippen molar-refractivity contribution in [2.24, 2.45) is 0 Å². The van der Waals surface area contributed by atoms with Crippen molar-refractivity contribution in [2.45, 2.75) is 32.0 Å². The zero-order valence-corrected chi connectivity index (χ0v) is 16.1. The maximum atomic E-state index is 13.0. The van der Waals surface area contributed by atoms with Gasteiger partial charge in [0.05, 0.1) is 10.9 Å². The summed E-state index contributed by atoms with van der Waals surface area (Å²) < 4.78 is 5.35. The van der Waals surface area contributed by atoms with E-state index < -0.39 is 0 Å². The Hall–Kier alpha value is -2.97. The predicted octanol–water partition coefficient (Wildman–Crippen LogP) is 3.24. The number of hydrogen-bond acceptors (Lipinski definition) is 7. The lowest BCUT2D eigenvalue weighted by atomic mass is 9.97. The Morgan fingerprint density at radius 3 is 2.96 bits per heavy atom. The summed E-state index contributed by atoms with van der Waals surface area (Å²) in [5.74, 6) is 1.01. The highest BCUT2D eigenvalue weighted by Gasteiger charge is 2.40. The number of nitrogens with zero attached hydrogens (tertiary/aromatic N) is 4. The molecule has 5 rings (SSSR count). The minimum atomic E-state index is -0.241. The van der Waals surface area contributed by atoms with Crippen molar-refractivity contribution in [3.8, 4) is 10.7 Å². The molecule has 2 aliphatic rings. The van der Waals surface area contributed by atoms with Crippen molar-refractivity contribution in [3.63, 3.8) is 0 Å². The third-order valence-corrected chi connectivity index (χ3v) is 6.02. The van der Waals surface area contributed by atoms with Gasteiger partial charge in [0.2, 0.25) is 11.7 Å². The highest BCUT2D eigenvalue weighted by molar-refractivity contribution is 7.13. The number of amides is 1. The summed E-state index contributed by atoms with van der Waals surface area (Å²) in [4.78, 5) is 20.0. The fourth-order valence-corrected chi connectivity index (χ4v) is 4.37. The van der Waals surface area contributed by atoms with Gasteiger partial charge in [0.25, 0.3) is 5.91 Å². The molecule has 1 saturated heterocycles. The van der Waals surface area contributed by atoms with Gasteiger partial charge < -0.3 is 14.4 Å². The number of carbonyl (C=O) groups excluding carboxylic acids is 1. The van der Waals surface area contributed by atoms with Crippen molar-refractivity contribution in [1.29, 1.82) is 0 Å². The van der Waals surface area contributed by atoms with Crippen molar-refractivity contribution in [3.05, 3.63) is 71.2 Å². The minimum Gasteiger partial charge on any atom is -0.337 e. The van der Waals surface area contributed by atoms with Crippen molar-refractivity contribution in [1.82, 2.24) is 25.5 Å². The molecule has 0 bridgehead atoms. The van der Waals surface area contributed by atoms with E-state index in [0.717, 1.165) is 11.3 Å². The predicted molar refractivity (Wildman–Crippen MR) is 105 cm³/mol. The fraction of sp³-hybridized carbons (Fsp3) is 0.250. The Balaban J connectivity index is 1.30. The smallest absolute Gasteiger partial charge is 0.251 e. The summed E-state index contributed by atoms with van der Waals surface area (Å²) >= 11 is 1.55. The van der Waals surface area contributed by atoms with Crippen molar-refractivity contribution < 1.29 is 9.32 Å². The number of aromatic nitrogens is 2. The van der Waals surface area contributed by atoms with Crippen LogP contribution in [0.25, 0.3) is 10.7 Å². The van der Waals surface area contributed by atoms with E-state index in [4.69, 9.17) is 4.52 Å². The molecule has 0 spiro atoms. The molecule has 8 heteroatoms. The lowest BCUT2D eigenvalue weighted by Crippen LogP contribution is -2.47. The topological polar surface area (TPSA) is 74.5 Å². The lowest BCUT2D eigenvalue weighted by Gasteiger charge is -2.30. The molecule has 2 aliphatic heterocycles. The minimum absolute atomic E-state index is 0.0296. The Kier molecular flexibility index (Phi) is 4.22. The fourth-order valence-electron chi connectivity index (χ4n) is 3.72. The first-order valence-corrected chi connectivity index (χ1v) is 10.0. The monoisotopic (exact) mass is 393 g/mol. The Labute approximate surface area is 166 Å². The third kappa shape index (κ3) is 3.00. The molecule has 7 nitrogen and oxygen atoms in total. The van der Waals surface area contributed by atoms with Crippen LogP contribution in [0.3, 0.4) is 0 Å². The maximum Gasteiger partial charge on any atom is 0.251 e. The summed E-state index contributed by atoms with van der Waals surface area (Å²) in [6.07, 6.45) is 4.39. The van der Waals surface area contributed by atoms with Crippen LogP contribution in [0.15, 0.2) is 58.7 Å². The number of rotatable bonds is 4. The van der Waals surface area contributed by atoms with Gasteiger partial charge in [-0.25, -0.2) is 5.43 Å². The molecule has 0 aliphatic carbocycles. The highest BCUT2D eigenvalue weighted by atomic mass is 32.1. The Morgan fingerprint density at radius 1 is 1.25 bits per heavy atom. The van der Waals surface area contributed by atoms with Crippen LogP contribution >= 0.6 is 11.3 Å². The summed E-state index contributed by atoms with van der Waals surface area (Å²) in [5, 5.41) is 7.89. The number of hydrazine groups is 1. The molecule has 1 amide bonds. The second-order valence-electron chi connectivity index (χ2n) is 6.95. The van der Waals surface area contributed by atoms with E-state index in [9.17, 15) is 4.79 Å². The van der Waals surface area contributed by atoms with Gasteiger partial charge in [-0.05, 0) is 35.9 Å². The zero-order chi connectivity index (χ0) is 19.1. The lowest BCUT2D eigenvalue weighted by molar-refractivity contribution is -0.135. The Bertz CT molecular complexity index is 1030. The van der Waals surface area contributed by atoms with Crippen LogP contribution in [0.2, 0.25) is 0 Å². The van der Waals surface area contributed by atoms with Crippen molar-refractivity contribution >= 4 is 17.2 Å².